The molecule has 4 heteroatoms. The van der Waals surface area contributed by atoms with Crippen LogP contribution in [0.1, 0.15) is 10.4 Å². The Morgan fingerprint density at radius 2 is 2.00 bits per heavy atom. The number of carbonyl (C=O) groups excluding carboxylic acids is 1. The average Bonchev–Trinajstić information content (AvgIpc) is 1.94. The van der Waals surface area contributed by atoms with Crippen molar-refractivity contribution in [3.63, 3.8) is 0 Å². The van der Waals surface area contributed by atoms with E-state index in [1.807, 2.05) is 28.7 Å². The van der Waals surface area contributed by atoms with Gasteiger partial charge >= 0.3 is 0 Å². The highest BCUT2D eigenvalue weighted by atomic mass is 127. The smallest absolute Gasteiger partial charge is 0.0726 e. The Morgan fingerprint density at radius 3 is 2.45 bits per heavy atom. The first-order chi connectivity index (χ1) is 5.13. The third-order valence-corrected chi connectivity index (χ3v) is 4.26. The molecule has 0 aliphatic heterocycles. The lowest BCUT2D eigenvalue weighted by molar-refractivity contribution is -0.255. The normalized spacial score (nSPS) is 9.64. The molecule has 0 aliphatic carbocycles. The molecule has 0 bridgehead atoms. The van der Waals surface area contributed by atoms with Crippen LogP contribution >= 0.6 is 45.2 Å². The van der Waals surface area contributed by atoms with Gasteiger partial charge in [-0.2, -0.15) is 0 Å². The fraction of sp³-hybridized carbons (Fsp3) is 0. The number of rotatable bonds is 1. The van der Waals surface area contributed by atoms with E-state index >= 15 is 0 Å². The Labute approximate surface area is 91.3 Å². The first-order valence-electron chi connectivity index (χ1n) is 2.78. The predicted molar refractivity (Wildman–Crippen MR) is 56.2 cm³/mol. The number of carboxylic acids is 1. The zero-order valence-corrected chi connectivity index (χ0v) is 9.62. The van der Waals surface area contributed by atoms with Crippen LogP contribution in [0.4, 0.5) is 0 Å². The molecule has 2 nitrogen and oxygen atoms in total. The van der Waals surface area contributed by atoms with Gasteiger partial charge in [0.2, 0.25) is 0 Å². The number of carbonyl (C=O) groups is 1. The SMILES string of the molecule is O=C([O-])c1cccc(I)c1I. The Bertz CT molecular complexity index is 296. The molecule has 1 aromatic carbocycles. The van der Waals surface area contributed by atoms with Crippen LogP contribution in [0.25, 0.3) is 0 Å². The predicted octanol–water partition coefficient (Wildman–Crippen LogP) is 1.26. The van der Waals surface area contributed by atoms with E-state index in [0.29, 0.717) is 0 Å². The summed E-state index contributed by atoms with van der Waals surface area (Å²) in [5.41, 5.74) is 0.262. The molecule has 0 aliphatic rings. The summed E-state index contributed by atoms with van der Waals surface area (Å²) >= 11 is 4.08. The van der Waals surface area contributed by atoms with Crippen molar-refractivity contribution >= 4 is 51.2 Å². The van der Waals surface area contributed by atoms with Gasteiger partial charge in [-0.3, -0.25) is 0 Å². The zero-order chi connectivity index (χ0) is 8.43. The third-order valence-electron chi connectivity index (χ3n) is 1.17. The van der Waals surface area contributed by atoms with E-state index in [2.05, 4.69) is 22.6 Å². The van der Waals surface area contributed by atoms with E-state index in [4.69, 9.17) is 0 Å². The van der Waals surface area contributed by atoms with Crippen LogP contribution in [0.15, 0.2) is 18.2 Å². The van der Waals surface area contributed by atoms with Crippen molar-refractivity contribution in [3.05, 3.63) is 30.9 Å². The van der Waals surface area contributed by atoms with E-state index in [-0.39, 0.29) is 5.56 Å². The van der Waals surface area contributed by atoms with Crippen molar-refractivity contribution in [2.24, 2.45) is 0 Å². The second kappa shape index (κ2) is 3.70. The molecule has 0 saturated heterocycles. The van der Waals surface area contributed by atoms with Crippen molar-refractivity contribution in [1.82, 2.24) is 0 Å². The maximum absolute atomic E-state index is 10.5. The van der Waals surface area contributed by atoms with Gasteiger partial charge in [0.1, 0.15) is 0 Å². The molecule has 0 radical (unpaired) electrons. The van der Waals surface area contributed by atoms with Gasteiger partial charge in [0.15, 0.2) is 0 Å². The molecule has 0 spiro atoms. The van der Waals surface area contributed by atoms with Crippen LogP contribution in [-0.4, -0.2) is 5.97 Å². The highest BCUT2D eigenvalue weighted by Crippen LogP contribution is 2.18. The van der Waals surface area contributed by atoms with Crippen LogP contribution in [0, 0.1) is 7.14 Å². The fourth-order valence-corrected chi connectivity index (χ4v) is 1.74. The zero-order valence-electron chi connectivity index (χ0n) is 5.30. The second-order valence-electron chi connectivity index (χ2n) is 1.89. The van der Waals surface area contributed by atoms with Gasteiger partial charge in [-0.15, -0.1) is 0 Å². The quantitative estimate of drug-likeness (QED) is 0.696. The molecule has 0 saturated carbocycles. The van der Waals surface area contributed by atoms with Crippen LogP contribution in [-0.2, 0) is 0 Å². The van der Waals surface area contributed by atoms with Crippen LogP contribution < -0.4 is 5.11 Å². The van der Waals surface area contributed by atoms with E-state index in [9.17, 15) is 9.90 Å². The van der Waals surface area contributed by atoms with Crippen molar-refractivity contribution in [3.8, 4) is 0 Å². The van der Waals surface area contributed by atoms with Gasteiger partial charge < -0.3 is 9.90 Å². The van der Waals surface area contributed by atoms with Crippen molar-refractivity contribution < 1.29 is 9.90 Å². The van der Waals surface area contributed by atoms with Gasteiger partial charge in [-0.1, -0.05) is 12.1 Å². The first kappa shape index (κ1) is 9.24. The van der Waals surface area contributed by atoms with Gasteiger partial charge in [0.05, 0.1) is 5.97 Å². The standard InChI is InChI=1S/C7H4I2O2/c8-5-3-1-2-4(6(5)9)7(10)11/h1-3H,(H,10,11)/p-1. The number of halogens is 2. The molecular weight excluding hydrogens is 370 g/mol. The highest BCUT2D eigenvalue weighted by molar-refractivity contribution is 14.1. The lowest BCUT2D eigenvalue weighted by Gasteiger charge is -2.05. The summed E-state index contributed by atoms with van der Waals surface area (Å²) in [6.07, 6.45) is 0. The summed E-state index contributed by atoms with van der Waals surface area (Å²) in [7, 11) is 0. The number of hydrogen-bond acceptors (Lipinski definition) is 2. The lowest BCUT2D eigenvalue weighted by Crippen LogP contribution is -2.23. The Hall–Kier alpha value is 0.150. The minimum absolute atomic E-state index is 0.262. The monoisotopic (exact) mass is 373 g/mol. The maximum Gasteiger partial charge on any atom is 0.0726 e. The molecular formula is C7H3I2O2-. The molecule has 11 heavy (non-hydrogen) atoms. The minimum atomic E-state index is -1.12. The van der Waals surface area contributed by atoms with Crippen LogP contribution in [0.5, 0.6) is 0 Å². The summed E-state index contributed by atoms with van der Waals surface area (Å²) < 4.78 is 1.68. The molecule has 0 atom stereocenters. The topological polar surface area (TPSA) is 40.1 Å². The van der Waals surface area contributed by atoms with Crippen molar-refractivity contribution in [1.29, 1.82) is 0 Å². The summed E-state index contributed by atoms with van der Waals surface area (Å²) in [6, 6.07) is 5.10. The Morgan fingerprint density at radius 1 is 1.36 bits per heavy atom. The molecule has 0 unspecified atom stereocenters. The van der Waals surface area contributed by atoms with E-state index in [1.165, 1.54) is 0 Å². The molecule has 1 rings (SSSR count). The van der Waals surface area contributed by atoms with E-state index in [0.717, 1.165) is 7.14 Å². The van der Waals surface area contributed by atoms with Gasteiger partial charge in [-0.25, -0.2) is 0 Å². The largest absolute Gasteiger partial charge is 0.545 e. The van der Waals surface area contributed by atoms with E-state index in [1.54, 1.807) is 12.1 Å². The number of carboxylic acid groups (broad SMARTS) is 1. The molecule has 0 fully saturated rings. The fourth-order valence-electron chi connectivity index (χ4n) is 0.661. The first-order valence-corrected chi connectivity index (χ1v) is 4.94. The molecule has 1 aromatic rings. The van der Waals surface area contributed by atoms with Crippen LogP contribution in [0.2, 0.25) is 0 Å². The molecule has 58 valence electrons. The van der Waals surface area contributed by atoms with Gasteiger partial charge in [-0.05, 0) is 51.2 Å². The number of aromatic carboxylic acids is 1. The summed E-state index contributed by atoms with van der Waals surface area (Å²) in [5, 5.41) is 10.5. The van der Waals surface area contributed by atoms with Crippen molar-refractivity contribution in [2.45, 2.75) is 0 Å². The maximum atomic E-state index is 10.5. The third kappa shape index (κ3) is 2.05. The minimum Gasteiger partial charge on any atom is -0.545 e. The number of benzene rings is 1. The summed E-state index contributed by atoms with van der Waals surface area (Å²) in [5.74, 6) is -1.12. The summed E-state index contributed by atoms with van der Waals surface area (Å²) in [6.45, 7) is 0. The molecule has 0 heterocycles. The van der Waals surface area contributed by atoms with Crippen LogP contribution in [0.3, 0.4) is 0 Å². The highest BCUT2D eigenvalue weighted by Gasteiger charge is 2.02. The van der Waals surface area contributed by atoms with Gasteiger partial charge in [0.25, 0.3) is 0 Å². The lowest BCUT2D eigenvalue weighted by atomic mass is 10.2. The van der Waals surface area contributed by atoms with E-state index < -0.39 is 5.97 Å². The van der Waals surface area contributed by atoms with Gasteiger partial charge in [0, 0.05) is 12.7 Å². The Balaban J connectivity index is 3.27. The number of hydrogen-bond donors (Lipinski definition) is 0. The summed E-state index contributed by atoms with van der Waals surface area (Å²) in [4.78, 5) is 10.5. The van der Waals surface area contributed by atoms with Crippen molar-refractivity contribution in [2.75, 3.05) is 0 Å². The Kier molecular flexibility index (Phi) is 3.11. The molecule has 0 N–H and O–H groups in total. The molecule has 0 amide bonds. The average molecular weight is 373 g/mol. The second-order valence-corrected chi connectivity index (χ2v) is 4.13. The molecule has 0 aromatic heterocycles.